The fourth-order valence-corrected chi connectivity index (χ4v) is 3.77. The molecular formula is C24H23ClN4O3. The Labute approximate surface area is 190 Å². The second-order valence-corrected chi connectivity index (χ2v) is 7.75. The summed E-state index contributed by atoms with van der Waals surface area (Å²) in [4.78, 5) is 16.7. The molecule has 0 spiro atoms. The molecule has 2 aromatic carbocycles. The van der Waals surface area contributed by atoms with E-state index in [9.17, 15) is 4.79 Å². The number of ether oxygens (including phenoxy) is 2. The van der Waals surface area contributed by atoms with E-state index in [-0.39, 0.29) is 24.8 Å². The number of hydrogen-bond acceptors (Lipinski definition) is 6. The average molecular weight is 451 g/mol. The van der Waals surface area contributed by atoms with Gasteiger partial charge in [0.25, 0.3) is 5.56 Å². The number of benzene rings is 2. The third-order valence-electron chi connectivity index (χ3n) is 5.12. The molecular weight excluding hydrogens is 428 g/mol. The van der Waals surface area contributed by atoms with Gasteiger partial charge in [0.1, 0.15) is 18.1 Å². The van der Waals surface area contributed by atoms with Crippen LogP contribution in [0.1, 0.15) is 18.5 Å². The SMILES string of the molecule is COc1ccc2c(OCCn3nc(-c4ccc([C@H](C)N)c(Cl)c4)ccc3=O)ccnc2c1. The van der Waals surface area contributed by atoms with E-state index in [0.717, 1.165) is 27.8 Å². The van der Waals surface area contributed by atoms with Gasteiger partial charge in [0.05, 0.1) is 24.9 Å². The molecule has 0 aliphatic heterocycles. The first-order chi connectivity index (χ1) is 15.5. The van der Waals surface area contributed by atoms with Crippen molar-refractivity contribution in [2.45, 2.75) is 19.5 Å². The highest BCUT2D eigenvalue weighted by molar-refractivity contribution is 6.31. The van der Waals surface area contributed by atoms with E-state index in [1.807, 2.05) is 43.3 Å². The summed E-state index contributed by atoms with van der Waals surface area (Å²) in [7, 11) is 1.61. The first-order valence-electron chi connectivity index (χ1n) is 10.2. The average Bonchev–Trinajstić information content (AvgIpc) is 2.79. The van der Waals surface area contributed by atoms with E-state index >= 15 is 0 Å². The summed E-state index contributed by atoms with van der Waals surface area (Å²) in [6.07, 6.45) is 1.68. The molecule has 0 saturated carbocycles. The molecule has 0 fully saturated rings. The van der Waals surface area contributed by atoms with Crippen LogP contribution in [-0.4, -0.2) is 28.5 Å². The van der Waals surface area contributed by atoms with Gasteiger partial charge >= 0.3 is 0 Å². The largest absolute Gasteiger partial charge is 0.497 e. The number of methoxy groups -OCH3 is 1. The number of fused-ring (bicyclic) bond motifs is 1. The molecule has 0 aliphatic rings. The lowest BCUT2D eigenvalue weighted by Crippen LogP contribution is -2.25. The zero-order valence-electron chi connectivity index (χ0n) is 17.8. The monoisotopic (exact) mass is 450 g/mol. The van der Waals surface area contributed by atoms with Crippen molar-refractivity contribution in [1.29, 1.82) is 0 Å². The van der Waals surface area contributed by atoms with Gasteiger partial charge in [-0.15, -0.1) is 0 Å². The Balaban J connectivity index is 1.52. The standard InChI is InChI=1S/C24H23ClN4O3/c1-15(26)18-5-3-16(13-20(18)25)21-7-8-24(30)29(28-21)11-12-32-23-9-10-27-22-14-17(31-2)4-6-19(22)23/h3-10,13-15H,11-12,26H2,1-2H3/t15-/m0/s1. The van der Waals surface area contributed by atoms with Crippen LogP contribution in [0.5, 0.6) is 11.5 Å². The van der Waals surface area contributed by atoms with Crippen LogP contribution < -0.4 is 20.8 Å². The molecule has 1 atom stereocenters. The predicted molar refractivity (Wildman–Crippen MR) is 125 cm³/mol. The summed E-state index contributed by atoms with van der Waals surface area (Å²) < 4.78 is 12.6. The van der Waals surface area contributed by atoms with E-state index in [0.29, 0.717) is 16.5 Å². The number of halogens is 1. The van der Waals surface area contributed by atoms with Crippen molar-refractivity contribution in [2.24, 2.45) is 5.73 Å². The molecule has 8 heteroatoms. The van der Waals surface area contributed by atoms with Crippen molar-refractivity contribution in [3.8, 4) is 22.8 Å². The first-order valence-corrected chi connectivity index (χ1v) is 10.5. The number of rotatable bonds is 7. The molecule has 0 unspecified atom stereocenters. The molecule has 2 heterocycles. The van der Waals surface area contributed by atoms with Gasteiger partial charge in [-0.05, 0) is 42.8 Å². The molecule has 0 saturated heterocycles. The highest BCUT2D eigenvalue weighted by atomic mass is 35.5. The predicted octanol–water partition coefficient (Wildman–Crippen LogP) is 4.22. The number of aromatic nitrogens is 3. The quantitative estimate of drug-likeness (QED) is 0.453. The van der Waals surface area contributed by atoms with Gasteiger partial charge in [0, 0.05) is 40.3 Å². The number of nitrogens with two attached hydrogens (primary N) is 1. The van der Waals surface area contributed by atoms with Crippen LogP contribution in [0.4, 0.5) is 0 Å². The van der Waals surface area contributed by atoms with Gasteiger partial charge in [0.2, 0.25) is 0 Å². The zero-order chi connectivity index (χ0) is 22.7. The van der Waals surface area contributed by atoms with E-state index in [1.165, 1.54) is 10.7 Å². The zero-order valence-corrected chi connectivity index (χ0v) is 18.5. The number of hydrogen-bond donors (Lipinski definition) is 1. The molecule has 0 amide bonds. The maximum Gasteiger partial charge on any atom is 0.266 e. The Morgan fingerprint density at radius 1 is 1.12 bits per heavy atom. The van der Waals surface area contributed by atoms with Crippen molar-refractivity contribution < 1.29 is 9.47 Å². The second kappa shape index (κ2) is 9.38. The lowest BCUT2D eigenvalue weighted by molar-refractivity contribution is 0.291. The van der Waals surface area contributed by atoms with E-state index < -0.39 is 0 Å². The highest BCUT2D eigenvalue weighted by Gasteiger charge is 2.10. The van der Waals surface area contributed by atoms with E-state index in [2.05, 4.69) is 10.1 Å². The molecule has 0 bridgehead atoms. The number of pyridine rings is 1. The van der Waals surface area contributed by atoms with Crippen LogP contribution in [0, 0.1) is 0 Å². The van der Waals surface area contributed by atoms with Crippen molar-refractivity contribution in [2.75, 3.05) is 13.7 Å². The smallest absolute Gasteiger partial charge is 0.266 e. The van der Waals surface area contributed by atoms with Crippen LogP contribution in [0.15, 0.2) is 65.6 Å². The van der Waals surface area contributed by atoms with Crippen molar-refractivity contribution in [1.82, 2.24) is 14.8 Å². The maximum absolute atomic E-state index is 12.3. The summed E-state index contributed by atoms with van der Waals surface area (Å²) in [6.45, 7) is 2.44. The van der Waals surface area contributed by atoms with Crippen LogP contribution in [0.25, 0.3) is 22.2 Å². The Bertz CT molecular complexity index is 1320. The minimum atomic E-state index is -0.208. The highest BCUT2D eigenvalue weighted by Crippen LogP contribution is 2.28. The van der Waals surface area contributed by atoms with Gasteiger partial charge in [-0.1, -0.05) is 23.7 Å². The summed E-state index contributed by atoms with van der Waals surface area (Å²) in [5.74, 6) is 1.41. The third kappa shape index (κ3) is 4.59. The summed E-state index contributed by atoms with van der Waals surface area (Å²) in [6, 6.07) is 16.0. The summed E-state index contributed by atoms with van der Waals surface area (Å²) in [5, 5.41) is 5.92. The topological polar surface area (TPSA) is 92.3 Å². The molecule has 4 aromatic rings. The van der Waals surface area contributed by atoms with E-state index in [4.69, 9.17) is 26.8 Å². The fraction of sp³-hybridized carbons (Fsp3) is 0.208. The van der Waals surface area contributed by atoms with Crippen LogP contribution in [0.2, 0.25) is 5.02 Å². The molecule has 2 N–H and O–H groups in total. The maximum atomic E-state index is 12.3. The molecule has 0 aliphatic carbocycles. The second-order valence-electron chi connectivity index (χ2n) is 7.35. The Morgan fingerprint density at radius 3 is 2.72 bits per heavy atom. The summed E-state index contributed by atoms with van der Waals surface area (Å²) >= 11 is 6.35. The lowest BCUT2D eigenvalue weighted by atomic mass is 10.0. The molecule has 7 nitrogen and oxygen atoms in total. The van der Waals surface area contributed by atoms with Crippen LogP contribution >= 0.6 is 11.6 Å². The minimum absolute atomic E-state index is 0.166. The Hall–Kier alpha value is -3.42. The van der Waals surface area contributed by atoms with Crippen LogP contribution in [0.3, 0.4) is 0 Å². The minimum Gasteiger partial charge on any atom is -0.497 e. The molecule has 4 rings (SSSR count). The van der Waals surface area contributed by atoms with Gasteiger partial charge in [-0.2, -0.15) is 5.10 Å². The molecule has 2 aromatic heterocycles. The van der Waals surface area contributed by atoms with Crippen molar-refractivity contribution >= 4 is 22.5 Å². The Kier molecular flexibility index (Phi) is 6.39. The van der Waals surface area contributed by atoms with Crippen LogP contribution in [-0.2, 0) is 6.54 Å². The third-order valence-corrected chi connectivity index (χ3v) is 5.45. The fourth-order valence-electron chi connectivity index (χ4n) is 3.42. The lowest BCUT2D eigenvalue weighted by Gasteiger charge is -2.12. The summed E-state index contributed by atoms with van der Waals surface area (Å²) in [5.41, 5.74) is 8.80. The van der Waals surface area contributed by atoms with Gasteiger partial charge in [-0.25, -0.2) is 4.68 Å². The van der Waals surface area contributed by atoms with E-state index in [1.54, 1.807) is 25.4 Å². The van der Waals surface area contributed by atoms with Crippen molar-refractivity contribution in [3.05, 3.63) is 81.7 Å². The van der Waals surface area contributed by atoms with Gasteiger partial charge in [-0.3, -0.25) is 9.78 Å². The van der Waals surface area contributed by atoms with Gasteiger partial charge in [0.15, 0.2) is 0 Å². The number of nitrogens with zero attached hydrogens (tertiary/aromatic N) is 3. The molecule has 32 heavy (non-hydrogen) atoms. The van der Waals surface area contributed by atoms with Gasteiger partial charge < -0.3 is 15.2 Å². The Morgan fingerprint density at radius 2 is 1.97 bits per heavy atom. The van der Waals surface area contributed by atoms with Crippen molar-refractivity contribution in [3.63, 3.8) is 0 Å². The first kappa shape index (κ1) is 21.8. The molecule has 0 radical (unpaired) electrons. The normalized spacial score (nSPS) is 12.0. The molecule has 164 valence electrons.